The van der Waals surface area contributed by atoms with E-state index in [2.05, 4.69) is 11.9 Å². The molecule has 0 radical (unpaired) electrons. The Hall–Kier alpha value is -3.68. The number of para-hydroxylation sites is 2. The summed E-state index contributed by atoms with van der Waals surface area (Å²) >= 11 is 0. The van der Waals surface area contributed by atoms with Gasteiger partial charge >= 0.3 is 0 Å². The van der Waals surface area contributed by atoms with E-state index in [0.717, 1.165) is 12.1 Å². The highest BCUT2D eigenvalue weighted by Gasteiger charge is 2.30. The molecule has 168 valence electrons. The predicted octanol–water partition coefficient (Wildman–Crippen LogP) is 3.40. The molecule has 1 N–H and O–H groups in total. The molecule has 6 nitrogen and oxygen atoms in total. The third kappa shape index (κ3) is 5.14. The van der Waals surface area contributed by atoms with Crippen molar-refractivity contribution in [1.82, 2.24) is 10.2 Å². The highest BCUT2D eigenvalue weighted by molar-refractivity contribution is 6.03. The van der Waals surface area contributed by atoms with Gasteiger partial charge in [-0.3, -0.25) is 9.59 Å². The minimum atomic E-state index is -0.913. The minimum absolute atomic E-state index is 0.00205. The number of allylic oxidation sites excluding steroid dienone is 1. The van der Waals surface area contributed by atoms with Crippen molar-refractivity contribution in [1.29, 1.82) is 0 Å². The van der Waals surface area contributed by atoms with Gasteiger partial charge in [-0.1, -0.05) is 24.8 Å². The van der Waals surface area contributed by atoms with Crippen LogP contribution in [0.25, 0.3) is 0 Å². The molecule has 1 heterocycles. The molecular formula is C24H25F2N3O3. The second-order valence-electron chi connectivity index (χ2n) is 7.62. The maximum Gasteiger partial charge on any atom is 0.252 e. The third-order valence-electron chi connectivity index (χ3n) is 5.25. The van der Waals surface area contributed by atoms with Gasteiger partial charge in [0.05, 0.1) is 5.69 Å². The Morgan fingerprint density at radius 1 is 1.28 bits per heavy atom. The van der Waals surface area contributed by atoms with Crippen molar-refractivity contribution in [2.24, 2.45) is 0 Å². The number of nitrogens with zero attached hydrogens (tertiary/aromatic N) is 2. The summed E-state index contributed by atoms with van der Waals surface area (Å²) in [6.45, 7) is 5.87. The van der Waals surface area contributed by atoms with Gasteiger partial charge in [0, 0.05) is 31.9 Å². The van der Waals surface area contributed by atoms with E-state index < -0.39 is 23.6 Å². The molecule has 32 heavy (non-hydrogen) atoms. The van der Waals surface area contributed by atoms with Crippen molar-refractivity contribution in [3.05, 3.63) is 83.6 Å². The topological polar surface area (TPSA) is 61.9 Å². The van der Waals surface area contributed by atoms with Crippen molar-refractivity contribution in [2.45, 2.75) is 19.5 Å². The number of carbonyl (C=O) groups excluding carboxylic acids is 2. The van der Waals surface area contributed by atoms with Crippen LogP contribution in [0.15, 0.2) is 66.4 Å². The fourth-order valence-corrected chi connectivity index (χ4v) is 3.27. The summed E-state index contributed by atoms with van der Waals surface area (Å²) in [5.41, 5.74) is 2.04. The molecule has 0 bridgehead atoms. The van der Waals surface area contributed by atoms with E-state index in [1.165, 1.54) is 11.0 Å². The lowest BCUT2D eigenvalue weighted by Crippen LogP contribution is -2.49. The molecule has 1 aliphatic rings. The van der Waals surface area contributed by atoms with Gasteiger partial charge in [0.25, 0.3) is 11.8 Å². The quantitative estimate of drug-likeness (QED) is 0.552. The van der Waals surface area contributed by atoms with E-state index >= 15 is 0 Å². The van der Waals surface area contributed by atoms with Crippen LogP contribution in [0.2, 0.25) is 0 Å². The van der Waals surface area contributed by atoms with E-state index in [1.807, 2.05) is 6.07 Å². The number of hydrogen-bond acceptors (Lipinski definition) is 4. The molecule has 0 unspecified atom stereocenters. The number of hydrogen-bond donors (Lipinski definition) is 1. The lowest BCUT2D eigenvalue weighted by atomic mass is 10.1. The van der Waals surface area contributed by atoms with Crippen LogP contribution in [-0.4, -0.2) is 43.5 Å². The first-order valence-electron chi connectivity index (χ1n) is 10.00. The molecule has 0 aliphatic carbocycles. The zero-order valence-corrected chi connectivity index (χ0v) is 18.2. The molecule has 3 rings (SSSR count). The molecule has 2 aromatic carbocycles. The highest BCUT2D eigenvalue weighted by Crippen LogP contribution is 2.29. The van der Waals surface area contributed by atoms with E-state index in [4.69, 9.17) is 4.74 Å². The van der Waals surface area contributed by atoms with Crippen LogP contribution in [0.1, 0.15) is 12.5 Å². The molecule has 1 atom stereocenters. The standard InChI is InChI=1S/C24H25F2N3O3/c1-15(11-16(2)28(3)13-17-9-10-18(25)19(26)12-17)23(30)27-20-14-32-22-8-6-5-7-21(22)29(4)24(20)31/h5-12,20H,1,13-14H2,2-4H3,(H,27,30)/b16-11-/t20-/m0/s1. The minimum Gasteiger partial charge on any atom is -0.489 e. The molecule has 0 fully saturated rings. The van der Waals surface area contributed by atoms with E-state index in [9.17, 15) is 18.4 Å². The van der Waals surface area contributed by atoms with E-state index in [0.29, 0.717) is 29.2 Å². The largest absolute Gasteiger partial charge is 0.489 e. The van der Waals surface area contributed by atoms with Gasteiger partial charge in [0.2, 0.25) is 0 Å². The van der Waals surface area contributed by atoms with Crippen molar-refractivity contribution in [2.75, 3.05) is 25.6 Å². The first kappa shape index (κ1) is 23.0. The van der Waals surface area contributed by atoms with Gasteiger partial charge in [-0.2, -0.15) is 0 Å². The maximum absolute atomic E-state index is 13.4. The van der Waals surface area contributed by atoms with Crippen molar-refractivity contribution < 1.29 is 23.1 Å². The number of carbonyl (C=O) groups is 2. The number of likely N-dealkylation sites (N-methyl/N-ethyl adjacent to an activating group) is 1. The summed E-state index contributed by atoms with van der Waals surface area (Å²) in [7, 11) is 3.38. The molecule has 0 saturated carbocycles. The molecule has 0 spiro atoms. The Kier molecular flexibility index (Phi) is 6.92. The molecule has 0 aromatic heterocycles. The summed E-state index contributed by atoms with van der Waals surface area (Å²) in [4.78, 5) is 28.7. The van der Waals surface area contributed by atoms with Gasteiger partial charge in [-0.05, 0) is 42.8 Å². The van der Waals surface area contributed by atoms with Crippen molar-refractivity contribution >= 4 is 17.5 Å². The van der Waals surface area contributed by atoms with Gasteiger partial charge < -0.3 is 19.9 Å². The van der Waals surface area contributed by atoms with Crippen molar-refractivity contribution in [3.63, 3.8) is 0 Å². The highest BCUT2D eigenvalue weighted by atomic mass is 19.2. The fourth-order valence-electron chi connectivity index (χ4n) is 3.27. The molecule has 2 amide bonds. The molecule has 2 aromatic rings. The molecule has 8 heteroatoms. The second kappa shape index (κ2) is 9.64. The Balaban J connectivity index is 1.63. The second-order valence-corrected chi connectivity index (χ2v) is 7.62. The normalized spacial score (nSPS) is 16.0. The van der Waals surface area contributed by atoms with Gasteiger partial charge in [0.1, 0.15) is 18.4 Å². The monoisotopic (exact) mass is 441 g/mol. The molecule has 1 aliphatic heterocycles. The van der Waals surface area contributed by atoms with Gasteiger partial charge in [-0.15, -0.1) is 0 Å². The van der Waals surface area contributed by atoms with Gasteiger partial charge in [0.15, 0.2) is 11.6 Å². The Labute approximate surface area is 185 Å². The summed E-state index contributed by atoms with van der Waals surface area (Å²) in [6, 6.07) is 9.97. The average molecular weight is 441 g/mol. The fraction of sp³-hybridized carbons (Fsp3) is 0.250. The summed E-state index contributed by atoms with van der Waals surface area (Å²) in [6.07, 6.45) is 1.57. The van der Waals surface area contributed by atoms with Crippen LogP contribution in [0.4, 0.5) is 14.5 Å². The van der Waals surface area contributed by atoms with Crippen LogP contribution in [0.3, 0.4) is 0 Å². The molecular weight excluding hydrogens is 416 g/mol. The average Bonchev–Trinajstić information content (AvgIpc) is 2.88. The number of halogens is 2. The first-order valence-corrected chi connectivity index (χ1v) is 10.00. The summed E-state index contributed by atoms with van der Waals surface area (Å²) in [5.74, 6) is -2.06. The first-order chi connectivity index (χ1) is 15.2. The smallest absolute Gasteiger partial charge is 0.252 e. The van der Waals surface area contributed by atoms with E-state index in [1.54, 1.807) is 50.2 Å². The lowest BCUT2D eigenvalue weighted by Gasteiger charge is -2.22. The Morgan fingerprint density at radius 3 is 2.72 bits per heavy atom. The van der Waals surface area contributed by atoms with Crippen LogP contribution in [0.5, 0.6) is 5.75 Å². The third-order valence-corrected chi connectivity index (χ3v) is 5.25. The number of amides is 2. The van der Waals surface area contributed by atoms with Crippen LogP contribution >= 0.6 is 0 Å². The zero-order chi connectivity index (χ0) is 23.4. The molecule has 0 saturated heterocycles. The Morgan fingerprint density at radius 2 is 2.00 bits per heavy atom. The summed E-state index contributed by atoms with van der Waals surface area (Å²) < 4.78 is 32.2. The van der Waals surface area contributed by atoms with E-state index in [-0.39, 0.29) is 18.1 Å². The maximum atomic E-state index is 13.4. The lowest BCUT2D eigenvalue weighted by molar-refractivity contribution is -0.125. The number of fused-ring (bicyclic) bond motifs is 1. The zero-order valence-electron chi connectivity index (χ0n) is 18.2. The number of benzene rings is 2. The van der Waals surface area contributed by atoms with Crippen LogP contribution < -0.4 is 15.0 Å². The number of rotatable bonds is 6. The number of anilines is 1. The summed E-state index contributed by atoms with van der Waals surface area (Å²) in [5, 5.41) is 2.67. The Bertz CT molecular complexity index is 1080. The van der Waals surface area contributed by atoms with Crippen LogP contribution in [-0.2, 0) is 16.1 Å². The number of ether oxygens (including phenoxy) is 1. The SMILES string of the molecule is C=C(/C=C(/C)N(C)Cc1ccc(F)c(F)c1)C(=O)N[C@H]1COc2ccccc2N(C)C1=O. The predicted molar refractivity (Wildman–Crippen MR) is 118 cm³/mol. The van der Waals surface area contributed by atoms with Crippen molar-refractivity contribution in [3.8, 4) is 5.75 Å². The van der Waals surface area contributed by atoms with Crippen LogP contribution in [0, 0.1) is 11.6 Å². The van der Waals surface area contributed by atoms with Gasteiger partial charge in [-0.25, -0.2) is 8.78 Å². The number of nitrogens with one attached hydrogen (secondary N) is 1.